The van der Waals surface area contributed by atoms with Crippen molar-refractivity contribution in [2.75, 3.05) is 36.0 Å². The maximum absolute atomic E-state index is 11.8. The fourth-order valence-corrected chi connectivity index (χ4v) is 2.22. The standard InChI is InChI=1S/C14H19N3O2/c1-3-16(4-2)11-5-7-12(8-6-11)17-10-13(18)15-9-14(17)19/h5-8H,3-4,9-10H2,1-2H3,(H,15,18). The molecule has 0 saturated carbocycles. The van der Waals surface area contributed by atoms with E-state index in [2.05, 4.69) is 24.1 Å². The molecular formula is C14H19N3O2. The first-order valence-corrected chi connectivity index (χ1v) is 6.57. The molecule has 0 spiro atoms. The van der Waals surface area contributed by atoms with Gasteiger partial charge in [0, 0.05) is 24.5 Å². The third-order valence-electron chi connectivity index (χ3n) is 3.33. The van der Waals surface area contributed by atoms with E-state index in [0.717, 1.165) is 24.5 Å². The molecule has 1 heterocycles. The van der Waals surface area contributed by atoms with Crippen molar-refractivity contribution in [1.29, 1.82) is 0 Å². The topological polar surface area (TPSA) is 52.6 Å². The number of nitrogens with one attached hydrogen (secondary N) is 1. The van der Waals surface area contributed by atoms with E-state index in [1.165, 1.54) is 4.90 Å². The normalized spacial score (nSPS) is 15.4. The fraction of sp³-hybridized carbons (Fsp3) is 0.429. The van der Waals surface area contributed by atoms with Crippen LogP contribution < -0.4 is 15.1 Å². The van der Waals surface area contributed by atoms with Gasteiger partial charge in [-0.25, -0.2) is 0 Å². The Morgan fingerprint density at radius 3 is 2.37 bits per heavy atom. The number of nitrogens with zero attached hydrogens (tertiary/aromatic N) is 2. The molecule has 102 valence electrons. The summed E-state index contributed by atoms with van der Waals surface area (Å²) in [6, 6.07) is 7.76. The molecule has 1 aliphatic rings. The molecule has 1 aliphatic heterocycles. The molecule has 0 aliphatic carbocycles. The lowest BCUT2D eigenvalue weighted by atomic mass is 10.2. The minimum Gasteiger partial charge on any atom is -0.372 e. The molecule has 1 saturated heterocycles. The van der Waals surface area contributed by atoms with Gasteiger partial charge >= 0.3 is 0 Å². The van der Waals surface area contributed by atoms with Crippen LogP contribution in [0.2, 0.25) is 0 Å². The molecule has 2 rings (SSSR count). The lowest BCUT2D eigenvalue weighted by Gasteiger charge is -2.27. The Morgan fingerprint density at radius 2 is 1.79 bits per heavy atom. The van der Waals surface area contributed by atoms with Gasteiger partial charge in [0.1, 0.15) is 6.54 Å². The second kappa shape index (κ2) is 5.73. The number of hydrogen-bond donors (Lipinski definition) is 1. The van der Waals surface area contributed by atoms with E-state index in [4.69, 9.17) is 0 Å². The van der Waals surface area contributed by atoms with E-state index in [-0.39, 0.29) is 24.9 Å². The predicted molar refractivity (Wildman–Crippen MR) is 75.4 cm³/mol. The van der Waals surface area contributed by atoms with Crippen LogP contribution >= 0.6 is 0 Å². The Labute approximate surface area is 113 Å². The first-order chi connectivity index (χ1) is 9.15. The Bertz CT molecular complexity index is 466. The Morgan fingerprint density at radius 1 is 1.16 bits per heavy atom. The van der Waals surface area contributed by atoms with Gasteiger partial charge in [-0.1, -0.05) is 0 Å². The minimum atomic E-state index is -0.118. The smallest absolute Gasteiger partial charge is 0.246 e. The van der Waals surface area contributed by atoms with Crippen LogP contribution in [0.1, 0.15) is 13.8 Å². The highest BCUT2D eigenvalue weighted by atomic mass is 16.2. The van der Waals surface area contributed by atoms with Crippen molar-refractivity contribution in [1.82, 2.24) is 5.32 Å². The summed E-state index contributed by atoms with van der Waals surface area (Å²) in [7, 11) is 0. The van der Waals surface area contributed by atoms with Crippen LogP contribution in [0.25, 0.3) is 0 Å². The minimum absolute atomic E-state index is 0.0739. The lowest BCUT2D eigenvalue weighted by Crippen LogP contribution is -2.51. The molecule has 2 amide bonds. The number of carbonyl (C=O) groups excluding carboxylic acids is 2. The third kappa shape index (κ3) is 2.86. The number of rotatable bonds is 4. The highest BCUT2D eigenvalue weighted by Gasteiger charge is 2.24. The summed E-state index contributed by atoms with van der Waals surface area (Å²) in [5, 5.41) is 2.54. The van der Waals surface area contributed by atoms with Crippen molar-refractivity contribution < 1.29 is 9.59 Å². The van der Waals surface area contributed by atoms with E-state index < -0.39 is 0 Å². The summed E-state index contributed by atoms with van der Waals surface area (Å²) < 4.78 is 0. The molecule has 5 nitrogen and oxygen atoms in total. The number of hydrogen-bond acceptors (Lipinski definition) is 3. The molecule has 5 heteroatoms. The Kier molecular flexibility index (Phi) is 4.04. The van der Waals surface area contributed by atoms with Crippen molar-refractivity contribution in [3.8, 4) is 0 Å². The highest BCUT2D eigenvalue weighted by Crippen LogP contribution is 2.21. The number of anilines is 2. The largest absolute Gasteiger partial charge is 0.372 e. The molecule has 0 unspecified atom stereocenters. The van der Waals surface area contributed by atoms with E-state index in [9.17, 15) is 9.59 Å². The molecule has 1 fully saturated rings. The Balaban J connectivity index is 2.17. The van der Waals surface area contributed by atoms with Gasteiger partial charge in [0.05, 0.1) is 6.54 Å². The van der Waals surface area contributed by atoms with Gasteiger partial charge in [0.15, 0.2) is 0 Å². The van der Waals surface area contributed by atoms with Gasteiger partial charge in [0.2, 0.25) is 11.8 Å². The molecule has 0 aromatic heterocycles. The predicted octanol–water partition coefficient (Wildman–Crippen LogP) is 0.996. The van der Waals surface area contributed by atoms with Crippen LogP contribution in [0, 0.1) is 0 Å². The number of piperazine rings is 1. The van der Waals surface area contributed by atoms with Gasteiger partial charge in [-0.3, -0.25) is 9.59 Å². The SMILES string of the molecule is CCN(CC)c1ccc(N2CC(=O)NCC2=O)cc1. The zero-order chi connectivity index (χ0) is 13.8. The second-order valence-electron chi connectivity index (χ2n) is 4.45. The summed E-state index contributed by atoms with van der Waals surface area (Å²) in [5.41, 5.74) is 1.90. The summed E-state index contributed by atoms with van der Waals surface area (Å²) in [6.45, 7) is 6.29. The molecule has 1 aromatic carbocycles. The second-order valence-corrected chi connectivity index (χ2v) is 4.45. The van der Waals surface area contributed by atoms with Crippen LogP contribution in [0.4, 0.5) is 11.4 Å². The highest BCUT2D eigenvalue weighted by molar-refractivity contribution is 6.04. The molecule has 1 N–H and O–H groups in total. The van der Waals surface area contributed by atoms with Gasteiger partial charge in [-0.15, -0.1) is 0 Å². The van der Waals surface area contributed by atoms with Crippen LogP contribution in [0.15, 0.2) is 24.3 Å². The fourth-order valence-electron chi connectivity index (χ4n) is 2.22. The summed E-state index contributed by atoms with van der Waals surface area (Å²) in [4.78, 5) is 26.9. The number of amides is 2. The van der Waals surface area contributed by atoms with E-state index in [1.807, 2.05) is 24.3 Å². The van der Waals surface area contributed by atoms with E-state index in [0.29, 0.717) is 0 Å². The summed E-state index contributed by atoms with van der Waals surface area (Å²) in [6.07, 6.45) is 0. The summed E-state index contributed by atoms with van der Waals surface area (Å²) >= 11 is 0. The molecule has 0 bridgehead atoms. The first kappa shape index (κ1) is 13.4. The first-order valence-electron chi connectivity index (χ1n) is 6.57. The van der Waals surface area contributed by atoms with Crippen LogP contribution in [-0.2, 0) is 9.59 Å². The average Bonchev–Trinajstić information content (AvgIpc) is 2.44. The molecule has 0 atom stereocenters. The molecular weight excluding hydrogens is 242 g/mol. The van der Waals surface area contributed by atoms with Crippen molar-refractivity contribution in [2.45, 2.75) is 13.8 Å². The van der Waals surface area contributed by atoms with Gasteiger partial charge in [-0.2, -0.15) is 0 Å². The monoisotopic (exact) mass is 261 g/mol. The van der Waals surface area contributed by atoms with Gasteiger partial charge in [0.25, 0.3) is 0 Å². The van der Waals surface area contributed by atoms with Crippen molar-refractivity contribution >= 4 is 23.2 Å². The van der Waals surface area contributed by atoms with Crippen molar-refractivity contribution in [3.63, 3.8) is 0 Å². The van der Waals surface area contributed by atoms with Crippen LogP contribution in [-0.4, -0.2) is 38.0 Å². The molecule has 1 aromatic rings. The maximum Gasteiger partial charge on any atom is 0.246 e. The molecule has 19 heavy (non-hydrogen) atoms. The van der Waals surface area contributed by atoms with E-state index >= 15 is 0 Å². The van der Waals surface area contributed by atoms with Crippen LogP contribution in [0.3, 0.4) is 0 Å². The van der Waals surface area contributed by atoms with Gasteiger partial charge < -0.3 is 15.1 Å². The van der Waals surface area contributed by atoms with Crippen molar-refractivity contribution in [3.05, 3.63) is 24.3 Å². The zero-order valence-electron chi connectivity index (χ0n) is 11.3. The third-order valence-corrected chi connectivity index (χ3v) is 3.33. The van der Waals surface area contributed by atoms with E-state index in [1.54, 1.807) is 0 Å². The van der Waals surface area contributed by atoms with Crippen molar-refractivity contribution in [2.24, 2.45) is 0 Å². The maximum atomic E-state index is 11.8. The number of benzene rings is 1. The average molecular weight is 261 g/mol. The lowest BCUT2D eigenvalue weighted by molar-refractivity contribution is -0.128. The van der Waals surface area contributed by atoms with Crippen LogP contribution in [0.5, 0.6) is 0 Å². The quantitative estimate of drug-likeness (QED) is 0.879. The zero-order valence-corrected chi connectivity index (χ0v) is 11.3. The Hall–Kier alpha value is -2.04. The number of carbonyl (C=O) groups is 2. The van der Waals surface area contributed by atoms with Gasteiger partial charge in [-0.05, 0) is 38.1 Å². The molecule has 0 radical (unpaired) electrons. The summed E-state index contributed by atoms with van der Waals surface area (Å²) in [5.74, 6) is -0.192.